The van der Waals surface area contributed by atoms with Gasteiger partial charge in [0.15, 0.2) is 0 Å². The van der Waals surface area contributed by atoms with E-state index in [0.717, 1.165) is 18.7 Å². The van der Waals surface area contributed by atoms with E-state index in [0.29, 0.717) is 12.1 Å². The van der Waals surface area contributed by atoms with Crippen molar-refractivity contribution in [1.29, 1.82) is 0 Å². The van der Waals surface area contributed by atoms with Crippen LogP contribution in [0.25, 0.3) is 0 Å². The maximum atomic E-state index is 5.19. The van der Waals surface area contributed by atoms with Crippen molar-refractivity contribution >= 4 is 0 Å². The monoisotopic (exact) mass is 226 g/mol. The van der Waals surface area contributed by atoms with Gasteiger partial charge in [-0.25, -0.2) is 0 Å². The highest BCUT2D eigenvalue weighted by atomic mass is 16.5. The zero-order valence-electron chi connectivity index (χ0n) is 10.9. The molecule has 2 aliphatic rings. The molecular weight excluding hydrogens is 200 g/mol. The second-order valence-corrected chi connectivity index (χ2v) is 5.60. The van der Waals surface area contributed by atoms with Crippen LogP contribution in [0.15, 0.2) is 0 Å². The summed E-state index contributed by atoms with van der Waals surface area (Å²) >= 11 is 0. The van der Waals surface area contributed by atoms with Gasteiger partial charge in [0.05, 0.1) is 6.61 Å². The van der Waals surface area contributed by atoms with Crippen LogP contribution in [0.5, 0.6) is 0 Å². The number of piperidine rings is 2. The molecule has 3 nitrogen and oxygen atoms in total. The van der Waals surface area contributed by atoms with E-state index in [1.54, 1.807) is 7.11 Å². The Kier molecular flexibility index (Phi) is 4.22. The Labute approximate surface area is 99.5 Å². The van der Waals surface area contributed by atoms with Crippen LogP contribution in [-0.2, 0) is 4.74 Å². The number of methoxy groups -OCH3 is 1. The van der Waals surface area contributed by atoms with E-state index in [2.05, 4.69) is 24.2 Å². The van der Waals surface area contributed by atoms with E-state index >= 15 is 0 Å². The Hall–Kier alpha value is -0.120. The average molecular weight is 226 g/mol. The summed E-state index contributed by atoms with van der Waals surface area (Å²) in [6, 6.07) is 2.83. The van der Waals surface area contributed by atoms with Crippen LogP contribution in [0.4, 0.5) is 0 Å². The largest absolute Gasteiger partial charge is 0.383 e. The van der Waals surface area contributed by atoms with Gasteiger partial charge in [-0.15, -0.1) is 0 Å². The van der Waals surface area contributed by atoms with Crippen molar-refractivity contribution in [2.24, 2.45) is 0 Å². The summed E-state index contributed by atoms with van der Waals surface area (Å²) in [6.07, 6.45) is 6.86. The van der Waals surface area contributed by atoms with Gasteiger partial charge in [-0.2, -0.15) is 0 Å². The minimum Gasteiger partial charge on any atom is -0.383 e. The number of fused-ring (bicyclic) bond motifs is 2. The van der Waals surface area contributed by atoms with Crippen molar-refractivity contribution in [2.75, 3.05) is 20.8 Å². The Morgan fingerprint density at radius 1 is 1.31 bits per heavy atom. The Morgan fingerprint density at radius 3 is 2.50 bits per heavy atom. The van der Waals surface area contributed by atoms with Gasteiger partial charge in [0.25, 0.3) is 0 Å². The topological polar surface area (TPSA) is 24.5 Å². The molecule has 0 saturated carbocycles. The van der Waals surface area contributed by atoms with E-state index in [9.17, 15) is 0 Å². The van der Waals surface area contributed by atoms with Crippen LogP contribution >= 0.6 is 0 Å². The summed E-state index contributed by atoms with van der Waals surface area (Å²) in [6.45, 7) is 3.04. The molecule has 2 fully saturated rings. The predicted octanol–water partition coefficient (Wildman–Crippen LogP) is 1.63. The molecular formula is C13H26N2O. The lowest BCUT2D eigenvalue weighted by atomic mass is 9.82. The molecule has 2 saturated heterocycles. The van der Waals surface area contributed by atoms with Gasteiger partial charge in [-0.1, -0.05) is 6.42 Å². The third-order valence-corrected chi connectivity index (χ3v) is 4.28. The smallest absolute Gasteiger partial charge is 0.0613 e. The number of hydrogen-bond acceptors (Lipinski definition) is 3. The van der Waals surface area contributed by atoms with Gasteiger partial charge >= 0.3 is 0 Å². The first-order valence-corrected chi connectivity index (χ1v) is 6.67. The molecule has 3 heteroatoms. The van der Waals surface area contributed by atoms with E-state index in [-0.39, 0.29) is 0 Å². The highest BCUT2D eigenvalue weighted by molar-refractivity contribution is 4.94. The van der Waals surface area contributed by atoms with Crippen molar-refractivity contribution in [1.82, 2.24) is 10.2 Å². The van der Waals surface area contributed by atoms with E-state index in [4.69, 9.17) is 4.74 Å². The van der Waals surface area contributed by atoms with Gasteiger partial charge in [-0.05, 0) is 39.7 Å². The third kappa shape index (κ3) is 2.76. The normalized spacial score (nSPS) is 37.3. The fourth-order valence-corrected chi connectivity index (χ4v) is 3.45. The molecule has 3 atom stereocenters. The molecule has 2 aliphatic heterocycles. The van der Waals surface area contributed by atoms with Crippen LogP contribution in [0.2, 0.25) is 0 Å². The minimum absolute atomic E-state index is 0.485. The lowest BCUT2D eigenvalue weighted by molar-refractivity contribution is 0.0426. The summed E-state index contributed by atoms with van der Waals surface area (Å²) in [4.78, 5) is 2.61. The molecule has 0 spiro atoms. The Morgan fingerprint density at radius 2 is 1.94 bits per heavy atom. The molecule has 2 rings (SSSR count). The molecule has 0 aromatic carbocycles. The molecule has 16 heavy (non-hydrogen) atoms. The summed E-state index contributed by atoms with van der Waals surface area (Å²) in [7, 11) is 4.09. The van der Waals surface area contributed by atoms with Gasteiger partial charge in [0, 0.05) is 31.3 Å². The third-order valence-electron chi connectivity index (χ3n) is 4.28. The predicted molar refractivity (Wildman–Crippen MR) is 66.7 cm³/mol. The summed E-state index contributed by atoms with van der Waals surface area (Å²) in [5.41, 5.74) is 0. The maximum absolute atomic E-state index is 5.19. The lowest BCUT2D eigenvalue weighted by Crippen LogP contribution is -2.56. The maximum Gasteiger partial charge on any atom is 0.0613 e. The first-order valence-electron chi connectivity index (χ1n) is 6.67. The standard InChI is InChI=1S/C13H26N2O/c1-10(9-16-3)14-11-7-12-5-4-6-13(8-11)15(12)2/h10-14H,4-9H2,1-3H3. The number of nitrogens with zero attached hydrogens (tertiary/aromatic N) is 1. The molecule has 3 unspecified atom stereocenters. The van der Waals surface area contributed by atoms with E-state index in [1.807, 2.05) is 0 Å². The summed E-state index contributed by atoms with van der Waals surface area (Å²) in [5, 5.41) is 3.72. The summed E-state index contributed by atoms with van der Waals surface area (Å²) in [5.74, 6) is 0. The van der Waals surface area contributed by atoms with Gasteiger partial charge < -0.3 is 15.0 Å². The number of rotatable bonds is 4. The van der Waals surface area contributed by atoms with Gasteiger partial charge in [0.2, 0.25) is 0 Å². The van der Waals surface area contributed by atoms with Gasteiger partial charge in [-0.3, -0.25) is 0 Å². The second kappa shape index (κ2) is 5.48. The minimum atomic E-state index is 0.485. The highest BCUT2D eigenvalue weighted by Crippen LogP contribution is 2.32. The van der Waals surface area contributed by atoms with Crippen LogP contribution < -0.4 is 5.32 Å². The Bertz CT molecular complexity index is 208. The molecule has 1 N–H and O–H groups in total. The molecule has 94 valence electrons. The average Bonchev–Trinajstić information content (AvgIpc) is 2.20. The SMILES string of the molecule is COCC(C)NC1CC2CCCC(C1)N2C. The number of nitrogens with one attached hydrogen (secondary N) is 1. The van der Waals surface area contributed by atoms with Gasteiger partial charge in [0.1, 0.15) is 0 Å². The molecule has 2 bridgehead atoms. The number of hydrogen-bond donors (Lipinski definition) is 1. The van der Waals surface area contributed by atoms with Crippen LogP contribution in [-0.4, -0.2) is 49.8 Å². The van der Waals surface area contributed by atoms with E-state index < -0.39 is 0 Å². The zero-order valence-corrected chi connectivity index (χ0v) is 10.9. The highest BCUT2D eigenvalue weighted by Gasteiger charge is 2.35. The first kappa shape index (κ1) is 12.3. The van der Waals surface area contributed by atoms with Crippen LogP contribution in [0.3, 0.4) is 0 Å². The molecule has 0 aromatic rings. The Balaban J connectivity index is 1.84. The van der Waals surface area contributed by atoms with Crippen molar-refractivity contribution in [3.8, 4) is 0 Å². The van der Waals surface area contributed by atoms with Crippen molar-refractivity contribution in [3.05, 3.63) is 0 Å². The second-order valence-electron chi connectivity index (χ2n) is 5.60. The molecule has 0 amide bonds. The molecule has 0 aliphatic carbocycles. The fourth-order valence-electron chi connectivity index (χ4n) is 3.45. The van der Waals surface area contributed by atoms with Crippen LogP contribution in [0.1, 0.15) is 39.0 Å². The molecule has 0 radical (unpaired) electrons. The molecule has 0 aromatic heterocycles. The van der Waals surface area contributed by atoms with Crippen molar-refractivity contribution in [3.63, 3.8) is 0 Å². The zero-order chi connectivity index (χ0) is 11.5. The van der Waals surface area contributed by atoms with E-state index in [1.165, 1.54) is 32.1 Å². The van der Waals surface area contributed by atoms with Crippen molar-refractivity contribution in [2.45, 2.75) is 63.2 Å². The number of ether oxygens (including phenoxy) is 1. The molecule has 2 heterocycles. The first-order chi connectivity index (χ1) is 7.70. The van der Waals surface area contributed by atoms with Crippen LogP contribution in [0, 0.1) is 0 Å². The quantitative estimate of drug-likeness (QED) is 0.788. The lowest BCUT2D eigenvalue weighted by Gasteiger charge is -2.47. The fraction of sp³-hybridized carbons (Fsp3) is 1.00. The van der Waals surface area contributed by atoms with Crippen molar-refractivity contribution < 1.29 is 4.74 Å². The summed E-state index contributed by atoms with van der Waals surface area (Å²) < 4.78 is 5.19.